The average molecular weight is 270 g/mol. The minimum atomic E-state index is -3.95. The zero-order valence-electron chi connectivity index (χ0n) is 11.1. The fourth-order valence-electron chi connectivity index (χ4n) is 2.26. The summed E-state index contributed by atoms with van der Waals surface area (Å²) in [6.45, 7) is 4.32. The molecule has 0 aromatic heterocycles. The van der Waals surface area contributed by atoms with Crippen LogP contribution in [0.15, 0.2) is 24.3 Å². The van der Waals surface area contributed by atoms with E-state index in [0.717, 1.165) is 36.8 Å². The average Bonchev–Trinajstić information content (AvgIpc) is 2.29. The van der Waals surface area contributed by atoms with Gasteiger partial charge in [-0.1, -0.05) is 57.4 Å². The molecule has 0 bridgehead atoms. The monoisotopic (exact) mass is 270 g/mol. The van der Waals surface area contributed by atoms with Crippen LogP contribution in [0.3, 0.4) is 0 Å². The Hall–Kier alpha value is -0.870. The van der Waals surface area contributed by atoms with Crippen molar-refractivity contribution in [2.75, 3.05) is 0 Å². The van der Waals surface area contributed by atoms with E-state index in [1.165, 1.54) is 0 Å². The lowest BCUT2D eigenvalue weighted by molar-refractivity contribution is 0.460. The first-order valence-electron chi connectivity index (χ1n) is 6.48. The molecule has 1 aromatic rings. The van der Waals surface area contributed by atoms with E-state index in [1.807, 2.05) is 18.2 Å². The molecule has 1 N–H and O–H groups in total. The highest BCUT2D eigenvalue weighted by Crippen LogP contribution is 2.21. The quantitative estimate of drug-likeness (QED) is 0.772. The van der Waals surface area contributed by atoms with Crippen molar-refractivity contribution in [2.24, 2.45) is 5.92 Å². The van der Waals surface area contributed by atoms with Gasteiger partial charge in [0.15, 0.2) is 0 Å². The van der Waals surface area contributed by atoms with Gasteiger partial charge in [0.05, 0.1) is 0 Å². The Morgan fingerprint density at radius 1 is 1.17 bits per heavy atom. The van der Waals surface area contributed by atoms with Gasteiger partial charge in [-0.25, -0.2) is 0 Å². The van der Waals surface area contributed by atoms with Crippen LogP contribution in [0, 0.1) is 5.92 Å². The van der Waals surface area contributed by atoms with Crippen molar-refractivity contribution in [3.63, 3.8) is 0 Å². The highest BCUT2D eigenvalue weighted by molar-refractivity contribution is 7.85. The molecule has 1 atom stereocenters. The second-order valence-corrected chi connectivity index (χ2v) is 6.21. The molecule has 0 aliphatic heterocycles. The summed E-state index contributed by atoms with van der Waals surface area (Å²) in [5.41, 5.74) is 1.75. The summed E-state index contributed by atoms with van der Waals surface area (Å²) < 4.78 is 30.9. The van der Waals surface area contributed by atoms with E-state index in [9.17, 15) is 8.42 Å². The van der Waals surface area contributed by atoms with E-state index in [-0.39, 0.29) is 5.75 Å². The molecule has 0 heterocycles. The van der Waals surface area contributed by atoms with Crippen molar-refractivity contribution in [3.8, 4) is 0 Å². The van der Waals surface area contributed by atoms with E-state index < -0.39 is 10.1 Å². The molecule has 4 heteroatoms. The van der Waals surface area contributed by atoms with Crippen LogP contribution in [0.2, 0.25) is 0 Å². The summed E-state index contributed by atoms with van der Waals surface area (Å²) in [6, 6.07) is 7.47. The van der Waals surface area contributed by atoms with Gasteiger partial charge in [-0.15, -0.1) is 0 Å². The summed E-state index contributed by atoms with van der Waals surface area (Å²) in [7, 11) is -3.95. The Kier molecular flexibility index (Phi) is 5.82. The van der Waals surface area contributed by atoms with Crippen molar-refractivity contribution in [1.29, 1.82) is 0 Å². The van der Waals surface area contributed by atoms with E-state index >= 15 is 0 Å². The fraction of sp³-hybridized carbons (Fsp3) is 0.571. The van der Waals surface area contributed by atoms with Crippen LogP contribution in [0.5, 0.6) is 0 Å². The molecule has 0 saturated heterocycles. The smallest absolute Gasteiger partial charge is 0.269 e. The summed E-state index contributed by atoms with van der Waals surface area (Å²) in [5.74, 6) is 0.295. The molecule has 1 unspecified atom stereocenters. The second-order valence-electron chi connectivity index (χ2n) is 4.76. The van der Waals surface area contributed by atoms with Gasteiger partial charge in [-0.2, -0.15) is 8.42 Å². The Morgan fingerprint density at radius 3 is 2.28 bits per heavy atom. The molecule has 102 valence electrons. The van der Waals surface area contributed by atoms with Crippen molar-refractivity contribution >= 4 is 10.1 Å². The third-order valence-corrected chi connectivity index (χ3v) is 3.91. The highest BCUT2D eigenvalue weighted by atomic mass is 32.2. The van der Waals surface area contributed by atoms with Crippen LogP contribution >= 0.6 is 0 Å². The van der Waals surface area contributed by atoms with Gasteiger partial charge in [0.2, 0.25) is 0 Å². The molecule has 0 spiro atoms. The van der Waals surface area contributed by atoms with Gasteiger partial charge in [0.1, 0.15) is 5.75 Å². The van der Waals surface area contributed by atoms with Crippen molar-refractivity contribution in [3.05, 3.63) is 35.4 Å². The first-order valence-corrected chi connectivity index (χ1v) is 8.09. The SMILES string of the molecule is CCCC(CC)Cc1ccccc1CS(=O)(=O)O. The van der Waals surface area contributed by atoms with Gasteiger partial charge in [-0.05, 0) is 23.5 Å². The third kappa shape index (κ3) is 5.19. The maximum Gasteiger partial charge on any atom is 0.269 e. The molecule has 18 heavy (non-hydrogen) atoms. The lowest BCUT2D eigenvalue weighted by atomic mass is 9.91. The second kappa shape index (κ2) is 6.90. The van der Waals surface area contributed by atoms with Gasteiger partial charge < -0.3 is 0 Å². The van der Waals surface area contributed by atoms with E-state index in [2.05, 4.69) is 13.8 Å². The van der Waals surface area contributed by atoms with Crippen molar-refractivity contribution in [2.45, 2.75) is 45.3 Å². The van der Waals surface area contributed by atoms with Crippen LogP contribution in [0.1, 0.15) is 44.2 Å². The lowest BCUT2D eigenvalue weighted by Crippen LogP contribution is -2.08. The molecular formula is C14H22O3S. The van der Waals surface area contributed by atoms with Gasteiger partial charge in [-0.3, -0.25) is 4.55 Å². The Morgan fingerprint density at radius 2 is 1.78 bits per heavy atom. The Bertz CT molecular complexity index is 466. The van der Waals surface area contributed by atoms with Gasteiger partial charge in [0.25, 0.3) is 10.1 Å². The maximum absolute atomic E-state index is 11.0. The maximum atomic E-state index is 11.0. The molecular weight excluding hydrogens is 248 g/mol. The predicted octanol–water partition coefficient (Wildman–Crippen LogP) is 3.44. The summed E-state index contributed by atoms with van der Waals surface area (Å²) >= 11 is 0. The summed E-state index contributed by atoms with van der Waals surface area (Å²) in [4.78, 5) is 0. The standard InChI is InChI=1S/C14H22O3S/c1-3-7-12(4-2)10-13-8-5-6-9-14(13)11-18(15,16)17/h5-6,8-9,12H,3-4,7,10-11H2,1-2H3,(H,15,16,17). The first kappa shape index (κ1) is 15.2. The number of hydrogen-bond donors (Lipinski definition) is 1. The molecule has 3 nitrogen and oxygen atoms in total. The van der Waals surface area contributed by atoms with Gasteiger partial charge >= 0.3 is 0 Å². The molecule has 1 rings (SSSR count). The highest BCUT2D eigenvalue weighted by Gasteiger charge is 2.13. The Balaban J connectivity index is 2.88. The number of rotatable bonds is 7. The summed E-state index contributed by atoms with van der Waals surface area (Å²) in [5, 5.41) is 0. The number of benzene rings is 1. The number of hydrogen-bond acceptors (Lipinski definition) is 2. The largest absolute Gasteiger partial charge is 0.285 e. The van der Waals surface area contributed by atoms with Crippen LogP contribution in [-0.4, -0.2) is 13.0 Å². The zero-order valence-corrected chi connectivity index (χ0v) is 11.9. The molecule has 0 fully saturated rings. The van der Waals surface area contributed by atoms with Crippen LogP contribution in [-0.2, 0) is 22.3 Å². The van der Waals surface area contributed by atoms with Gasteiger partial charge in [0, 0.05) is 0 Å². The van der Waals surface area contributed by atoms with E-state index in [1.54, 1.807) is 6.07 Å². The Labute approximate surface area is 110 Å². The predicted molar refractivity (Wildman–Crippen MR) is 74.1 cm³/mol. The topological polar surface area (TPSA) is 54.4 Å². The fourth-order valence-corrected chi connectivity index (χ4v) is 2.94. The van der Waals surface area contributed by atoms with Crippen LogP contribution in [0.4, 0.5) is 0 Å². The molecule has 0 amide bonds. The van der Waals surface area contributed by atoms with Crippen molar-refractivity contribution < 1.29 is 13.0 Å². The molecule has 0 aliphatic carbocycles. The van der Waals surface area contributed by atoms with Crippen LogP contribution in [0.25, 0.3) is 0 Å². The molecule has 0 saturated carbocycles. The molecule has 0 aliphatic rings. The van der Waals surface area contributed by atoms with E-state index in [4.69, 9.17) is 4.55 Å². The minimum absolute atomic E-state index is 0.286. The summed E-state index contributed by atoms with van der Waals surface area (Å²) in [6.07, 6.45) is 4.26. The molecule has 0 radical (unpaired) electrons. The minimum Gasteiger partial charge on any atom is -0.285 e. The lowest BCUT2D eigenvalue weighted by Gasteiger charge is -2.16. The van der Waals surface area contributed by atoms with Crippen LogP contribution < -0.4 is 0 Å². The normalized spacial score (nSPS) is 13.5. The third-order valence-electron chi connectivity index (χ3n) is 3.24. The van der Waals surface area contributed by atoms with Crippen molar-refractivity contribution in [1.82, 2.24) is 0 Å². The molecule has 1 aromatic carbocycles. The zero-order chi connectivity index (χ0) is 13.6. The first-order chi connectivity index (χ1) is 8.46. The van der Waals surface area contributed by atoms with E-state index in [0.29, 0.717) is 5.92 Å².